The van der Waals surface area contributed by atoms with E-state index in [4.69, 9.17) is 8.83 Å². The summed E-state index contributed by atoms with van der Waals surface area (Å²) >= 11 is 3.22. The molecule has 2 rings (SSSR count). The Morgan fingerprint density at radius 3 is 2.50 bits per heavy atom. The highest BCUT2D eigenvalue weighted by Gasteiger charge is 2.23. The molecule has 0 bridgehead atoms. The van der Waals surface area contributed by atoms with Crippen molar-refractivity contribution in [2.24, 2.45) is 0 Å². The predicted octanol–water partition coefficient (Wildman–Crippen LogP) is 3.24. The fraction of sp³-hybridized carbons (Fsp3) is 0.273. The molecule has 6 nitrogen and oxygen atoms in total. The van der Waals surface area contributed by atoms with Crippen molar-refractivity contribution in [3.05, 3.63) is 50.6 Å². The number of nitro groups is 1. The summed E-state index contributed by atoms with van der Waals surface area (Å²) in [7, 11) is 0. The van der Waals surface area contributed by atoms with E-state index in [1.54, 1.807) is 18.2 Å². The number of hydrogen-bond acceptors (Lipinski definition) is 5. The Bertz CT molecular complexity index is 549. The van der Waals surface area contributed by atoms with E-state index >= 15 is 0 Å². The first-order valence-electron chi connectivity index (χ1n) is 5.34. The average Bonchev–Trinajstić information content (AvgIpc) is 2.94. The summed E-state index contributed by atoms with van der Waals surface area (Å²) in [4.78, 5) is 10.0. The van der Waals surface area contributed by atoms with Crippen molar-refractivity contribution in [3.63, 3.8) is 0 Å². The van der Waals surface area contributed by atoms with Crippen LogP contribution in [0, 0.1) is 10.1 Å². The van der Waals surface area contributed by atoms with E-state index < -0.39 is 4.92 Å². The Kier molecular flexibility index (Phi) is 3.83. The highest BCUT2D eigenvalue weighted by molar-refractivity contribution is 9.10. The molecule has 0 saturated heterocycles. The molecule has 7 heteroatoms. The second kappa shape index (κ2) is 5.36. The van der Waals surface area contributed by atoms with Gasteiger partial charge in [-0.1, -0.05) is 6.92 Å². The zero-order chi connectivity index (χ0) is 13.1. The Balaban J connectivity index is 2.31. The summed E-state index contributed by atoms with van der Waals surface area (Å²) in [6.45, 7) is 2.61. The monoisotopic (exact) mass is 314 g/mol. The lowest BCUT2D eigenvalue weighted by Gasteiger charge is -2.11. The molecular formula is C11H11BrN2O4. The topological polar surface area (TPSA) is 81.5 Å². The van der Waals surface area contributed by atoms with Crippen LogP contribution in [0.3, 0.4) is 0 Å². The van der Waals surface area contributed by atoms with Gasteiger partial charge in [0.15, 0.2) is 4.67 Å². The zero-order valence-corrected chi connectivity index (χ0v) is 11.1. The molecule has 0 aliphatic heterocycles. The van der Waals surface area contributed by atoms with Gasteiger partial charge in [-0.3, -0.25) is 10.1 Å². The minimum atomic E-state index is -0.565. The molecule has 0 saturated carbocycles. The summed E-state index contributed by atoms with van der Waals surface area (Å²) < 4.78 is 11.2. The highest BCUT2D eigenvalue weighted by atomic mass is 79.9. The summed E-state index contributed by atoms with van der Waals surface area (Å²) in [6.07, 6.45) is 0. The molecule has 0 radical (unpaired) electrons. The predicted molar refractivity (Wildman–Crippen MR) is 67.3 cm³/mol. The van der Waals surface area contributed by atoms with Gasteiger partial charge in [0.25, 0.3) is 0 Å². The molecule has 2 aromatic rings. The second-order valence-corrected chi connectivity index (χ2v) is 4.35. The van der Waals surface area contributed by atoms with Gasteiger partial charge in [-0.05, 0) is 40.7 Å². The minimum Gasteiger partial charge on any atom is -0.452 e. The number of furan rings is 2. The smallest absolute Gasteiger partial charge is 0.433 e. The van der Waals surface area contributed by atoms with Crippen molar-refractivity contribution < 1.29 is 13.8 Å². The molecule has 2 aromatic heterocycles. The van der Waals surface area contributed by atoms with Crippen molar-refractivity contribution in [2.75, 3.05) is 6.54 Å². The number of hydrogen-bond donors (Lipinski definition) is 1. The highest BCUT2D eigenvalue weighted by Crippen LogP contribution is 2.29. The van der Waals surface area contributed by atoms with Crippen molar-refractivity contribution in [1.82, 2.24) is 5.32 Å². The van der Waals surface area contributed by atoms with E-state index in [2.05, 4.69) is 21.2 Å². The van der Waals surface area contributed by atoms with E-state index in [9.17, 15) is 10.1 Å². The Morgan fingerprint density at radius 2 is 2.00 bits per heavy atom. The van der Waals surface area contributed by atoms with Gasteiger partial charge in [0, 0.05) is 0 Å². The van der Waals surface area contributed by atoms with Crippen LogP contribution in [-0.2, 0) is 0 Å². The van der Waals surface area contributed by atoms with Crippen molar-refractivity contribution in [2.45, 2.75) is 13.0 Å². The lowest BCUT2D eigenvalue weighted by atomic mass is 10.2. The molecule has 1 unspecified atom stereocenters. The van der Waals surface area contributed by atoms with Gasteiger partial charge in [0.2, 0.25) is 0 Å². The minimum absolute atomic E-state index is 0.279. The fourth-order valence-electron chi connectivity index (χ4n) is 1.62. The normalized spacial score (nSPS) is 12.6. The number of nitrogens with zero attached hydrogens (tertiary/aromatic N) is 1. The maximum atomic E-state index is 10.6. The molecule has 0 fully saturated rings. The van der Waals surface area contributed by atoms with Crippen LogP contribution in [0.2, 0.25) is 0 Å². The molecule has 1 N–H and O–H groups in total. The van der Waals surface area contributed by atoms with Gasteiger partial charge in [-0.25, -0.2) is 0 Å². The van der Waals surface area contributed by atoms with Crippen molar-refractivity contribution in [3.8, 4) is 0 Å². The first kappa shape index (κ1) is 12.8. The maximum absolute atomic E-state index is 10.6. The van der Waals surface area contributed by atoms with Crippen molar-refractivity contribution in [1.29, 1.82) is 0 Å². The summed E-state index contributed by atoms with van der Waals surface area (Å²) in [5.41, 5.74) is 0. The van der Waals surface area contributed by atoms with Crippen LogP contribution in [0.25, 0.3) is 0 Å². The fourth-order valence-corrected chi connectivity index (χ4v) is 1.94. The zero-order valence-electron chi connectivity index (χ0n) is 9.55. The molecule has 18 heavy (non-hydrogen) atoms. The Hall–Kier alpha value is -1.60. The van der Waals surface area contributed by atoms with E-state index in [1.165, 1.54) is 6.07 Å². The lowest BCUT2D eigenvalue weighted by molar-refractivity contribution is -0.402. The molecule has 0 amide bonds. The quantitative estimate of drug-likeness (QED) is 0.676. The van der Waals surface area contributed by atoms with Crippen LogP contribution in [0.4, 0.5) is 5.88 Å². The molecule has 2 heterocycles. The SMILES string of the molecule is CCNC(c1ccc(Br)o1)c1ccc([N+](=O)[O-])o1. The van der Waals surface area contributed by atoms with E-state index in [1.807, 2.05) is 6.92 Å². The summed E-state index contributed by atoms with van der Waals surface area (Å²) in [5, 5.41) is 13.7. The third-order valence-electron chi connectivity index (χ3n) is 2.36. The molecule has 1 atom stereocenters. The molecule has 0 aromatic carbocycles. The van der Waals surface area contributed by atoms with Crippen LogP contribution < -0.4 is 5.32 Å². The van der Waals surface area contributed by atoms with Gasteiger partial charge in [-0.2, -0.15) is 0 Å². The average molecular weight is 315 g/mol. The molecule has 96 valence electrons. The Labute approximate surface area is 111 Å². The second-order valence-electron chi connectivity index (χ2n) is 3.57. The van der Waals surface area contributed by atoms with Gasteiger partial charge in [0.1, 0.15) is 22.5 Å². The number of nitrogens with one attached hydrogen (secondary N) is 1. The van der Waals surface area contributed by atoms with E-state index in [-0.39, 0.29) is 11.9 Å². The molecule has 0 aliphatic carbocycles. The summed E-state index contributed by atoms with van der Waals surface area (Å²) in [6, 6.07) is 6.11. The van der Waals surface area contributed by atoms with Crippen molar-refractivity contribution >= 4 is 21.8 Å². The largest absolute Gasteiger partial charge is 0.452 e. The van der Waals surface area contributed by atoms with Gasteiger partial charge in [0.05, 0.1) is 6.07 Å². The van der Waals surface area contributed by atoms with Gasteiger partial charge < -0.3 is 14.2 Å². The third-order valence-corrected chi connectivity index (χ3v) is 2.79. The van der Waals surface area contributed by atoms with E-state index in [0.717, 1.165) is 0 Å². The molecule has 0 aliphatic rings. The molecule has 0 spiro atoms. The first-order chi connectivity index (χ1) is 8.61. The van der Waals surface area contributed by atoms with Crippen LogP contribution >= 0.6 is 15.9 Å². The van der Waals surface area contributed by atoms with Crippen LogP contribution in [-0.4, -0.2) is 11.5 Å². The maximum Gasteiger partial charge on any atom is 0.433 e. The van der Waals surface area contributed by atoms with Gasteiger partial charge >= 0.3 is 5.88 Å². The molecular weight excluding hydrogens is 304 g/mol. The number of rotatable bonds is 5. The first-order valence-corrected chi connectivity index (χ1v) is 6.14. The van der Waals surface area contributed by atoms with Crippen LogP contribution in [0.1, 0.15) is 24.5 Å². The third kappa shape index (κ3) is 2.62. The standard InChI is InChI=1S/C11H11BrN2O4/c1-2-13-11(7-3-5-9(12)17-7)8-4-6-10(18-8)14(15)16/h3-6,11,13H,2H2,1H3. The van der Waals surface area contributed by atoms with E-state index in [0.29, 0.717) is 22.7 Å². The lowest BCUT2D eigenvalue weighted by Crippen LogP contribution is -2.20. The van der Waals surface area contributed by atoms with Crippen LogP contribution in [0.15, 0.2) is 37.8 Å². The Morgan fingerprint density at radius 1 is 1.33 bits per heavy atom. The van der Waals surface area contributed by atoms with Gasteiger partial charge in [-0.15, -0.1) is 0 Å². The summed E-state index contributed by atoms with van der Waals surface area (Å²) in [5.74, 6) is 0.803. The number of halogens is 1. The van der Waals surface area contributed by atoms with Crippen LogP contribution in [0.5, 0.6) is 0 Å².